The summed E-state index contributed by atoms with van der Waals surface area (Å²) in [7, 11) is 0. The molecule has 1 rings (SSSR count). The minimum absolute atomic E-state index is 0.363. The Morgan fingerprint density at radius 3 is 2.50 bits per heavy atom. The molecule has 0 aromatic rings. The minimum atomic E-state index is -0.363. The molecule has 0 spiro atoms. The molecule has 0 radical (unpaired) electrons. The molecule has 2 atom stereocenters. The number of aliphatic hydroxyl groups excluding tert-OH is 1. The monoisotopic (exact) mass is 285 g/mol. The van der Waals surface area contributed by atoms with Crippen molar-refractivity contribution in [2.75, 3.05) is 19.8 Å². The minimum Gasteiger partial charge on any atom is -0.389 e. The number of aliphatic hydroxyl groups is 1. The molecule has 0 saturated heterocycles. The number of hydrogen-bond acceptors (Lipinski definition) is 3. The highest BCUT2D eigenvalue weighted by molar-refractivity contribution is 4.80. The van der Waals surface area contributed by atoms with E-state index in [0.29, 0.717) is 19.2 Å². The van der Waals surface area contributed by atoms with Gasteiger partial charge in [-0.3, -0.25) is 0 Å². The van der Waals surface area contributed by atoms with Crippen molar-refractivity contribution >= 4 is 0 Å². The summed E-state index contributed by atoms with van der Waals surface area (Å²) in [6, 6.07) is 0.539. The number of rotatable bonds is 13. The highest BCUT2D eigenvalue weighted by Gasteiger charge is 2.23. The highest BCUT2D eigenvalue weighted by Crippen LogP contribution is 2.29. The van der Waals surface area contributed by atoms with Gasteiger partial charge in [0.1, 0.15) is 0 Å². The van der Waals surface area contributed by atoms with Crippen molar-refractivity contribution in [3.8, 4) is 0 Å². The third-order valence-electron chi connectivity index (χ3n) is 4.48. The Morgan fingerprint density at radius 1 is 1.15 bits per heavy atom. The van der Waals surface area contributed by atoms with Gasteiger partial charge in [-0.05, 0) is 32.1 Å². The maximum Gasteiger partial charge on any atom is 0.0897 e. The van der Waals surface area contributed by atoms with E-state index < -0.39 is 0 Å². The van der Waals surface area contributed by atoms with E-state index in [4.69, 9.17) is 4.74 Å². The third kappa shape index (κ3) is 8.23. The number of unbranched alkanes of at least 4 members (excludes halogenated alkanes) is 5. The van der Waals surface area contributed by atoms with Crippen molar-refractivity contribution in [2.24, 2.45) is 5.92 Å². The van der Waals surface area contributed by atoms with E-state index >= 15 is 0 Å². The van der Waals surface area contributed by atoms with Crippen LogP contribution in [0.5, 0.6) is 0 Å². The first-order chi connectivity index (χ1) is 9.74. The van der Waals surface area contributed by atoms with E-state index in [1.54, 1.807) is 0 Å². The summed E-state index contributed by atoms with van der Waals surface area (Å²) >= 11 is 0. The zero-order valence-corrected chi connectivity index (χ0v) is 13.6. The summed E-state index contributed by atoms with van der Waals surface area (Å²) in [6.45, 7) is 6.40. The van der Waals surface area contributed by atoms with E-state index in [0.717, 1.165) is 18.9 Å². The molecule has 2 N–H and O–H groups in total. The maximum absolute atomic E-state index is 9.86. The van der Waals surface area contributed by atoms with Crippen molar-refractivity contribution in [1.29, 1.82) is 0 Å². The largest absolute Gasteiger partial charge is 0.389 e. The molecule has 2 unspecified atom stereocenters. The average Bonchev–Trinajstić information content (AvgIpc) is 2.37. The second-order valence-electron chi connectivity index (χ2n) is 6.38. The summed E-state index contributed by atoms with van der Waals surface area (Å²) in [5, 5.41) is 13.3. The molecule has 1 saturated carbocycles. The van der Waals surface area contributed by atoms with Gasteiger partial charge in [0.05, 0.1) is 12.7 Å². The van der Waals surface area contributed by atoms with Crippen LogP contribution in [0, 0.1) is 5.92 Å². The summed E-state index contributed by atoms with van der Waals surface area (Å²) in [4.78, 5) is 0. The number of hydrogen-bond donors (Lipinski definition) is 2. The molecule has 0 bridgehead atoms. The zero-order chi connectivity index (χ0) is 14.6. The van der Waals surface area contributed by atoms with E-state index in [1.165, 1.54) is 51.4 Å². The lowest BCUT2D eigenvalue weighted by Gasteiger charge is -2.32. The quantitative estimate of drug-likeness (QED) is 0.509. The van der Waals surface area contributed by atoms with Gasteiger partial charge in [-0.25, -0.2) is 0 Å². The average molecular weight is 285 g/mol. The van der Waals surface area contributed by atoms with Crippen LogP contribution in [0.4, 0.5) is 0 Å². The van der Waals surface area contributed by atoms with Crippen molar-refractivity contribution in [1.82, 2.24) is 5.32 Å². The Hall–Kier alpha value is -0.120. The molecule has 3 heteroatoms. The Bertz CT molecular complexity index is 219. The molecule has 1 aliphatic rings. The van der Waals surface area contributed by atoms with Crippen LogP contribution in [-0.4, -0.2) is 37.0 Å². The summed E-state index contributed by atoms with van der Waals surface area (Å²) in [6.07, 6.45) is 11.4. The van der Waals surface area contributed by atoms with Gasteiger partial charge in [0, 0.05) is 19.2 Å². The van der Waals surface area contributed by atoms with Crippen LogP contribution in [0.15, 0.2) is 0 Å². The van der Waals surface area contributed by atoms with Crippen molar-refractivity contribution in [3.05, 3.63) is 0 Å². The van der Waals surface area contributed by atoms with Crippen LogP contribution in [0.1, 0.15) is 71.6 Å². The van der Waals surface area contributed by atoms with E-state index in [9.17, 15) is 5.11 Å². The summed E-state index contributed by atoms with van der Waals surface area (Å²) < 4.78 is 5.55. The molecule has 0 heterocycles. The van der Waals surface area contributed by atoms with Crippen molar-refractivity contribution < 1.29 is 9.84 Å². The third-order valence-corrected chi connectivity index (χ3v) is 4.48. The van der Waals surface area contributed by atoms with Gasteiger partial charge in [-0.15, -0.1) is 0 Å². The predicted molar refractivity (Wildman–Crippen MR) is 85.0 cm³/mol. The standard InChI is InChI=1S/C17H35NO2/c1-3-4-5-6-7-8-12-20-14-17(19)13-18-15(2)16-10-9-11-16/h15-19H,3-14H2,1-2H3. The molecule has 3 nitrogen and oxygen atoms in total. The fourth-order valence-corrected chi connectivity index (χ4v) is 2.69. The maximum atomic E-state index is 9.86. The van der Waals surface area contributed by atoms with Crippen LogP contribution in [-0.2, 0) is 4.74 Å². The van der Waals surface area contributed by atoms with E-state index in [1.807, 2.05) is 0 Å². The molecule has 1 aliphatic carbocycles. The topological polar surface area (TPSA) is 41.5 Å². The lowest BCUT2D eigenvalue weighted by Crippen LogP contribution is -2.42. The van der Waals surface area contributed by atoms with Gasteiger partial charge in [0.2, 0.25) is 0 Å². The predicted octanol–water partition coefficient (Wildman–Crippen LogP) is 3.50. The molecule has 1 fully saturated rings. The van der Waals surface area contributed by atoms with Crippen LogP contribution in [0.2, 0.25) is 0 Å². The van der Waals surface area contributed by atoms with Crippen LogP contribution < -0.4 is 5.32 Å². The molecule has 0 aromatic heterocycles. The smallest absolute Gasteiger partial charge is 0.0897 e. The lowest BCUT2D eigenvalue weighted by atomic mass is 9.80. The second kappa shape index (κ2) is 11.5. The van der Waals surface area contributed by atoms with Crippen LogP contribution in [0.25, 0.3) is 0 Å². The Balaban J connectivity index is 1.83. The first-order valence-electron chi connectivity index (χ1n) is 8.73. The molecular weight excluding hydrogens is 250 g/mol. The second-order valence-corrected chi connectivity index (χ2v) is 6.38. The van der Waals surface area contributed by atoms with Crippen molar-refractivity contribution in [3.63, 3.8) is 0 Å². The van der Waals surface area contributed by atoms with Gasteiger partial charge >= 0.3 is 0 Å². The number of nitrogens with one attached hydrogen (secondary N) is 1. The fourth-order valence-electron chi connectivity index (χ4n) is 2.69. The Labute approximate surface area is 125 Å². The van der Waals surface area contributed by atoms with Crippen molar-refractivity contribution in [2.45, 2.75) is 83.8 Å². The van der Waals surface area contributed by atoms with E-state index in [2.05, 4.69) is 19.2 Å². The number of ether oxygens (including phenoxy) is 1. The van der Waals surface area contributed by atoms with Gasteiger partial charge in [-0.1, -0.05) is 45.4 Å². The molecule has 0 aliphatic heterocycles. The molecule has 0 amide bonds. The fraction of sp³-hybridized carbons (Fsp3) is 1.00. The lowest BCUT2D eigenvalue weighted by molar-refractivity contribution is 0.0324. The SMILES string of the molecule is CCCCCCCCOCC(O)CNC(C)C1CCC1. The van der Waals surface area contributed by atoms with Gasteiger partial charge in [0.25, 0.3) is 0 Å². The first kappa shape index (κ1) is 17.9. The summed E-state index contributed by atoms with van der Waals surface area (Å²) in [5.74, 6) is 0.825. The van der Waals surface area contributed by atoms with Crippen LogP contribution >= 0.6 is 0 Å². The molecule has 120 valence electrons. The normalized spacial score (nSPS) is 18.8. The molecule has 20 heavy (non-hydrogen) atoms. The van der Waals surface area contributed by atoms with Gasteiger partial charge < -0.3 is 15.2 Å². The van der Waals surface area contributed by atoms with Gasteiger partial charge in [0.15, 0.2) is 0 Å². The first-order valence-corrected chi connectivity index (χ1v) is 8.73. The highest BCUT2D eigenvalue weighted by atomic mass is 16.5. The summed E-state index contributed by atoms with van der Waals surface area (Å²) in [5.41, 5.74) is 0. The van der Waals surface area contributed by atoms with Crippen LogP contribution in [0.3, 0.4) is 0 Å². The zero-order valence-electron chi connectivity index (χ0n) is 13.6. The van der Waals surface area contributed by atoms with E-state index in [-0.39, 0.29) is 6.10 Å². The Morgan fingerprint density at radius 2 is 1.85 bits per heavy atom. The van der Waals surface area contributed by atoms with Gasteiger partial charge in [-0.2, -0.15) is 0 Å². The molecule has 0 aromatic carbocycles. The molecular formula is C17H35NO2. The Kier molecular flexibility index (Phi) is 10.3.